The van der Waals surface area contributed by atoms with Crippen LogP contribution in [0.3, 0.4) is 0 Å². The number of nitrogens with one attached hydrogen (secondary N) is 10. The van der Waals surface area contributed by atoms with Crippen molar-refractivity contribution in [3.05, 3.63) is 71.9 Å². The minimum atomic E-state index is -1.62. The summed E-state index contributed by atoms with van der Waals surface area (Å²) in [5, 5.41) is 24.5. The third kappa shape index (κ3) is 20.9. The lowest BCUT2D eigenvalue weighted by atomic mass is 10.0. The lowest BCUT2D eigenvalue weighted by molar-refractivity contribution is -0.136. The summed E-state index contributed by atoms with van der Waals surface area (Å²) in [6.07, 6.45) is 2.35. The number of aromatic nitrogens is 1. The van der Waals surface area contributed by atoms with Gasteiger partial charge in [0.15, 0.2) is 5.96 Å². The Labute approximate surface area is 440 Å². The van der Waals surface area contributed by atoms with E-state index in [2.05, 4.69) is 57.8 Å². The molecule has 1 aliphatic heterocycles. The maximum absolute atomic E-state index is 14.6. The largest absolute Gasteiger partial charge is 0.370 e. The van der Waals surface area contributed by atoms with Crippen molar-refractivity contribution >= 4 is 76.1 Å². The molecule has 0 bridgehead atoms. The number of aliphatic imine (C=N–C) groups is 1. The lowest BCUT2D eigenvalue weighted by Crippen LogP contribution is -2.60. The van der Waals surface area contributed by atoms with E-state index in [-0.39, 0.29) is 96.3 Å². The number of nitrogens with two attached hydrogens (primary N) is 5. The number of unbranched alkanes of at least 4 members (excludes halogenated alkanes) is 1. The number of primary amides is 2. The third-order valence-electron chi connectivity index (χ3n) is 12.4. The van der Waals surface area contributed by atoms with Gasteiger partial charge in [0.2, 0.25) is 53.2 Å². The molecule has 2 aromatic carbocycles. The molecule has 4 rings (SSSR count). The van der Waals surface area contributed by atoms with E-state index >= 15 is 0 Å². The van der Waals surface area contributed by atoms with Crippen LogP contribution >= 0.6 is 0 Å². The number of hydrogen-bond acceptors (Lipinski definition) is 12. The zero-order valence-corrected chi connectivity index (χ0v) is 42.8. The van der Waals surface area contributed by atoms with E-state index in [1.54, 1.807) is 42.6 Å². The molecule has 26 heteroatoms. The molecule has 26 nitrogen and oxygen atoms in total. The second kappa shape index (κ2) is 31.4. The van der Waals surface area contributed by atoms with Crippen LogP contribution in [0.15, 0.2) is 65.8 Å². The molecule has 1 aromatic heterocycles. The van der Waals surface area contributed by atoms with Crippen LogP contribution < -0.4 is 76.5 Å². The maximum Gasteiger partial charge on any atom is 0.312 e. The number of hydrogen-bond donors (Lipinski definition) is 15. The van der Waals surface area contributed by atoms with E-state index in [9.17, 15) is 47.9 Å². The smallest absolute Gasteiger partial charge is 0.312 e. The Bertz CT molecular complexity index is 2500. The van der Waals surface area contributed by atoms with Gasteiger partial charge in [0.1, 0.15) is 42.3 Å². The van der Waals surface area contributed by atoms with Crippen LogP contribution in [-0.4, -0.2) is 139 Å². The summed E-state index contributed by atoms with van der Waals surface area (Å²) in [4.78, 5) is 144. The molecule has 0 radical (unpaired) electrons. The van der Waals surface area contributed by atoms with Crippen LogP contribution in [0.1, 0.15) is 88.7 Å². The van der Waals surface area contributed by atoms with E-state index in [0.29, 0.717) is 24.0 Å². The van der Waals surface area contributed by atoms with Crippen LogP contribution in [0.5, 0.6) is 0 Å². The Morgan fingerprint density at radius 1 is 0.711 bits per heavy atom. The predicted octanol–water partition coefficient (Wildman–Crippen LogP) is -2.83. The van der Waals surface area contributed by atoms with Crippen molar-refractivity contribution in [3.63, 3.8) is 0 Å². The van der Waals surface area contributed by atoms with Crippen LogP contribution in [0.2, 0.25) is 0 Å². The molecule has 11 amide bonds. The van der Waals surface area contributed by atoms with Gasteiger partial charge in [-0.3, -0.25) is 48.1 Å². The highest BCUT2D eigenvalue weighted by Crippen LogP contribution is 2.20. The topological polar surface area (TPSA) is 437 Å². The lowest BCUT2D eigenvalue weighted by Gasteiger charge is -2.28. The van der Waals surface area contributed by atoms with Crippen molar-refractivity contribution in [2.45, 2.75) is 133 Å². The third-order valence-corrected chi connectivity index (χ3v) is 12.4. The van der Waals surface area contributed by atoms with Crippen molar-refractivity contribution in [3.8, 4) is 0 Å². The highest BCUT2D eigenvalue weighted by atomic mass is 16.2. The fourth-order valence-electron chi connectivity index (χ4n) is 8.44. The van der Waals surface area contributed by atoms with Gasteiger partial charge in [-0.05, 0) is 87.9 Å². The summed E-state index contributed by atoms with van der Waals surface area (Å²) in [6, 6.07) is 5.49. The zero-order chi connectivity index (χ0) is 55.6. The quantitative estimate of drug-likeness (QED) is 0.0309. The van der Waals surface area contributed by atoms with Crippen LogP contribution in [0.25, 0.3) is 10.9 Å². The SMILES string of the molecule is CC(=O)NC(CCCN=C(N)N)C(=O)N[C@H]1CC(=O)NCCCC[C@@H](C(N)=O)NC(=O)[C@H](Cc2c[nH]c3ccccc23)NC(=O)[C@H](CCCNC(N)=O)NC(=O)[C@@H](Cc2ccccc2)NC(=O)[C@H](CCCCN)NC1=O. The fourth-order valence-corrected chi connectivity index (χ4v) is 8.44. The monoisotopic (exact) mass is 1060 g/mol. The van der Waals surface area contributed by atoms with Crippen molar-refractivity contribution in [1.29, 1.82) is 0 Å². The first-order valence-electron chi connectivity index (χ1n) is 25.4. The molecule has 76 heavy (non-hydrogen) atoms. The number of rotatable bonds is 20. The van der Waals surface area contributed by atoms with Gasteiger partial charge in [-0.2, -0.15) is 0 Å². The van der Waals surface area contributed by atoms with Gasteiger partial charge in [-0.15, -0.1) is 0 Å². The number of H-pyrrole nitrogens is 1. The maximum atomic E-state index is 14.6. The Morgan fingerprint density at radius 2 is 1.33 bits per heavy atom. The molecule has 7 atom stereocenters. The number of guanidine groups is 1. The van der Waals surface area contributed by atoms with Crippen molar-refractivity contribution in [1.82, 2.24) is 52.8 Å². The molecule has 0 aliphatic carbocycles. The van der Waals surface area contributed by atoms with E-state index < -0.39 is 108 Å². The number of benzene rings is 2. The number of carbonyl (C=O) groups excluding carboxylic acids is 10. The Morgan fingerprint density at radius 3 is 1.99 bits per heavy atom. The molecule has 414 valence electrons. The summed E-state index contributed by atoms with van der Waals surface area (Å²) in [5.41, 5.74) is 29.8. The van der Waals surface area contributed by atoms with Crippen LogP contribution in [0, 0.1) is 0 Å². The number of urea groups is 1. The highest BCUT2D eigenvalue weighted by Gasteiger charge is 2.35. The normalized spacial score (nSPS) is 21.0. The molecule has 1 aliphatic rings. The number of carbonyl (C=O) groups is 10. The standard InChI is InChI=1S/C50H74N16O10/c1-29(67)60-35(19-11-23-57-49(53)54)43(70)66-40-27-41(68)56-22-10-8-17-34(42(52)69)61-47(74)39(26-31-28-59-33-16-6-5-15-32(31)33)65-45(72)37(20-12-24-58-50(55)76)63-46(73)38(25-30-13-3-2-4-14-30)64-44(71)36(62-48(40)75)18-7-9-21-51/h2-6,13-16,28,34-40,59H,7-12,17-27,51H2,1H3,(H2,52,69)(H,56,68)(H,60,67)(H,61,74)(H,62,75)(H,63,73)(H,64,71)(H,65,72)(H,66,70)(H4,53,54,57)(H3,55,58,76)/t34-,35?,36-,37-,38+,39-,40-/m0/s1. The highest BCUT2D eigenvalue weighted by molar-refractivity contribution is 5.99. The van der Waals surface area contributed by atoms with Gasteiger partial charge in [-0.25, -0.2) is 4.79 Å². The van der Waals surface area contributed by atoms with Gasteiger partial charge in [0.05, 0.1) is 6.42 Å². The summed E-state index contributed by atoms with van der Waals surface area (Å²) >= 11 is 0. The van der Waals surface area contributed by atoms with Gasteiger partial charge in [-0.1, -0.05) is 48.5 Å². The van der Waals surface area contributed by atoms with E-state index in [4.69, 9.17) is 28.7 Å². The minimum absolute atomic E-state index is 0.00122. The summed E-state index contributed by atoms with van der Waals surface area (Å²) < 4.78 is 0. The average Bonchev–Trinajstić information content (AvgIpc) is 3.78. The number of aromatic amines is 1. The van der Waals surface area contributed by atoms with Gasteiger partial charge < -0.3 is 81.5 Å². The molecular formula is C50H74N16O10. The summed E-state index contributed by atoms with van der Waals surface area (Å²) in [6.45, 7) is 1.56. The first kappa shape index (κ1) is 60.3. The molecule has 1 fully saturated rings. The van der Waals surface area contributed by atoms with Gasteiger partial charge >= 0.3 is 6.03 Å². The molecule has 0 spiro atoms. The molecular weight excluding hydrogens is 985 g/mol. The number of para-hydroxylation sites is 1. The minimum Gasteiger partial charge on any atom is -0.370 e. The van der Waals surface area contributed by atoms with Crippen molar-refractivity contribution in [2.24, 2.45) is 33.7 Å². The summed E-state index contributed by atoms with van der Waals surface area (Å²) in [7, 11) is 0. The zero-order valence-electron chi connectivity index (χ0n) is 42.8. The van der Waals surface area contributed by atoms with Crippen LogP contribution in [-0.2, 0) is 56.0 Å². The van der Waals surface area contributed by atoms with E-state index in [1.807, 2.05) is 18.2 Å². The fraction of sp³-hybridized carbons (Fsp3) is 0.500. The molecule has 0 saturated carbocycles. The first-order valence-corrected chi connectivity index (χ1v) is 25.4. The van der Waals surface area contributed by atoms with Gasteiger partial charge in [0.25, 0.3) is 0 Å². The Balaban J connectivity index is 1.78. The van der Waals surface area contributed by atoms with Crippen molar-refractivity contribution in [2.75, 3.05) is 26.2 Å². The predicted molar refractivity (Wildman–Crippen MR) is 282 cm³/mol. The van der Waals surface area contributed by atoms with E-state index in [0.717, 1.165) is 10.9 Å². The number of fused-ring (bicyclic) bond motifs is 1. The molecule has 3 aromatic rings. The van der Waals surface area contributed by atoms with E-state index in [1.165, 1.54) is 6.92 Å². The molecule has 2 heterocycles. The number of amides is 11. The molecule has 20 N–H and O–H groups in total. The first-order chi connectivity index (χ1) is 36.3. The molecule has 1 saturated heterocycles. The number of nitrogens with zero attached hydrogens (tertiary/aromatic N) is 1. The molecule has 1 unspecified atom stereocenters. The van der Waals surface area contributed by atoms with Crippen molar-refractivity contribution < 1.29 is 47.9 Å². The summed E-state index contributed by atoms with van der Waals surface area (Å²) in [5.74, 6) is -7.38. The average molecular weight is 1060 g/mol. The van der Waals surface area contributed by atoms with Crippen LogP contribution in [0.4, 0.5) is 4.79 Å². The van der Waals surface area contributed by atoms with Gasteiger partial charge in [0, 0.05) is 56.5 Å². The Kier molecular flexibility index (Phi) is 24.9. The Hall–Kier alpha value is -8.29. The second-order valence-corrected chi connectivity index (χ2v) is 18.5. The second-order valence-electron chi connectivity index (χ2n) is 18.5.